The molecule has 0 unspecified atom stereocenters. The Bertz CT molecular complexity index is 794. The molecule has 1 aliphatic heterocycles. The van der Waals surface area contributed by atoms with E-state index in [1.165, 1.54) is 5.56 Å². The summed E-state index contributed by atoms with van der Waals surface area (Å²) in [4.78, 5) is 13.4. The number of hydrogen-bond acceptors (Lipinski definition) is 5. The van der Waals surface area contributed by atoms with E-state index in [9.17, 15) is 0 Å². The first-order valence-electron chi connectivity index (χ1n) is 8.61. The molecule has 1 N–H and O–H groups in total. The van der Waals surface area contributed by atoms with Crippen molar-refractivity contribution in [3.05, 3.63) is 60.7 Å². The molecular weight excluding hydrogens is 314 g/mol. The summed E-state index contributed by atoms with van der Waals surface area (Å²) in [5.41, 5.74) is 2.13. The summed E-state index contributed by atoms with van der Waals surface area (Å²) >= 11 is 0. The molecule has 4 rings (SSSR count). The SMILES string of the molecule is c1ccc(CNc2ncc(-c3nccn3C3CCOCC3)cn2)cc1. The summed E-state index contributed by atoms with van der Waals surface area (Å²) < 4.78 is 7.68. The van der Waals surface area contributed by atoms with Gasteiger partial charge in [0.15, 0.2) is 0 Å². The monoisotopic (exact) mass is 335 g/mol. The van der Waals surface area contributed by atoms with Gasteiger partial charge in [-0.2, -0.15) is 0 Å². The second-order valence-corrected chi connectivity index (χ2v) is 6.14. The quantitative estimate of drug-likeness (QED) is 0.775. The lowest BCUT2D eigenvalue weighted by Gasteiger charge is -2.24. The van der Waals surface area contributed by atoms with Crippen LogP contribution in [0, 0.1) is 0 Å². The molecule has 1 fully saturated rings. The highest BCUT2D eigenvalue weighted by Gasteiger charge is 2.19. The van der Waals surface area contributed by atoms with Crippen LogP contribution in [0.5, 0.6) is 0 Å². The van der Waals surface area contributed by atoms with E-state index in [-0.39, 0.29) is 0 Å². The lowest BCUT2D eigenvalue weighted by atomic mass is 10.1. The number of anilines is 1. The molecule has 0 saturated carbocycles. The lowest BCUT2D eigenvalue weighted by Crippen LogP contribution is -2.19. The fraction of sp³-hybridized carbons (Fsp3) is 0.316. The summed E-state index contributed by atoms with van der Waals surface area (Å²) in [6, 6.07) is 10.6. The van der Waals surface area contributed by atoms with Crippen LogP contribution in [0.3, 0.4) is 0 Å². The average molecular weight is 335 g/mol. The Balaban J connectivity index is 1.46. The van der Waals surface area contributed by atoms with Gasteiger partial charge in [-0.3, -0.25) is 0 Å². The minimum Gasteiger partial charge on any atom is -0.381 e. The lowest BCUT2D eigenvalue weighted by molar-refractivity contribution is 0.0700. The number of ether oxygens (including phenoxy) is 1. The van der Waals surface area contributed by atoms with Crippen LogP contribution in [0.4, 0.5) is 5.95 Å². The molecule has 3 heterocycles. The molecule has 25 heavy (non-hydrogen) atoms. The van der Waals surface area contributed by atoms with Gasteiger partial charge in [0.1, 0.15) is 5.82 Å². The molecule has 1 saturated heterocycles. The summed E-state index contributed by atoms with van der Waals surface area (Å²) in [6.07, 6.45) is 9.57. The number of rotatable bonds is 5. The van der Waals surface area contributed by atoms with Crippen molar-refractivity contribution in [3.8, 4) is 11.4 Å². The van der Waals surface area contributed by atoms with Crippen LogP contribution in [-0.4, -0.2) is 32.7 Å². The van der Waals surface area contributed by atoms with Crippen molar-refractivity contribution in [2.45, 2.75) is 25.4 Å². The van der Waals surface area contributed by atoms with E-state index in [0.717, 1.165) is 37.4 Å². The Hall–Kier alpha value is -2.73. The van der Waals surface area contributed by atoms with Gasteiger partial charge in [0.25, 0.3) is 0 Å². The number of aromatic nitrogens is 4. The molecule has 6 heteroatoms. The minimum absolute atomic E-state index is 0.433. The van der Waals surface area contributed by atoms with Gasteiger partial charge in [-0.15, -0.1) is 0 Å². The zero-order chi connectivity index (χ0) is 16.9. The number of nitrogens with zero attached hydrogens (tertiary/aromatic N) is 4. The maximum Gasteiger partial charge on any atom is 0.222 e. The maximum atomic E-state index is 5.46. The van der Waals surface area contributed by atoms with E-state index in [1.807, 2.05) is 43.0 Å². The van der Waals surface area contributed by atoms with Crippen molar-refractivity contribution >= 4 is 5.95 Å². The molecule has 0 radical (unpaired) electrons. The Morgan fingerprint density at radius 1 is 1.04 bits per heavy atom. The Kier molecular flexibility index (Phi) is 4.70. The van der Waals surface area contributed by atoms with Crippen LogP contribution in [0.2, 0.25) is 0 Å². The highest BCUT2D eigenvalue weighted by Crippen LogP contribution is 2.26. The smallest absolute Gasteiger partial charge is 0.222 e. The van der Waals surface area contributed by atoms with Gasteiger partial charge in [0, 0.05) is 50.6 Å². The highest BCUT2D eigenvalue weighted by molar-refractivity contribution is 5.54. The third-order valence-corrected chi connectivity index (χ3v) is 4.46. The Morgan fingerprint density at radius 2 is 1.80 bits per heavy atom. The topological polar surface area (TPSA) is 64.9 Å². The van der Waals surface area contributed by atoms with Crippen LogP contribution < -0.4 is 5.32 Å². The second-order valence-electron chi connectivity index (χ2n) is 6.14. The van der Waals surface area contributed by atoms with E-state index < -0.39 is 0 Å². The van der Waals surface area contributed by atoms with Crippen LogP contribution in [-0.2, 0) is 11.3 Å². The predicted octanol–water partition coefficient (Wildman–Crippen LogP) is 3.30. The molecule has 2 aromatic heterocycles. The molecule has 0 bridgehead atoms. The van der Waals surface area contributed by atoms with Crippen molar-refractivity contribution in [2.75, 3.05) is 18.5 Å². The van der Waals surface area contributed by atoms with Crippen LogP contribution in [0.25, 0.3) is 11.4 Å². The highest BCUT2D eigenvalue weighted by atomic mass is 16.5. The molecule has 0 aliphatic carbocycles. The van der Waals surface area contributed by atoms with Gasteiger partial charge in [-0.1, -0.05) is 30.3 Å². The van der Waals surface area contributed by atoms with E-state index in [4.69, 9.17) is 4.74 Å². The van der Waals surface area contributed by atoms with Crippen molar-refractivity contribution in [2.24, 2.45) is 0 Å². The van der Waals surface area contributed by atoms with Gasteiger partial charge in [0.05, 0.1) is 5.56 Å². The summed E-state index contributed by atoms with van der Waals surface area (Å²) in [7, 11) is 0. The molecule has 0 amide bonds. The van der Waals surface area contributed by atoms with Gasteiger partial charge in [-0.25, -0.2) is 15.0 Å². The fourth-order valence-electron chi connectivity index (χ4n) is 3.11. The van der Waals surface area contributed by atoms with Crippen molar-refractivity contribution in [1.82, 2.24) is 19.5 Å². The van der Waals surface area contributed by atoms with Crippen molar-refractivity contribution < 1.29 is 4.74 Å². The summed E-state index contributed by atoms with van der Waals surface area (Å²) in [5.74, 6) is 1.54. The van der Waals surface area contributed by atoms with Crippen molar-refractivity contribution in [1.29, 1.82) is 0 Å². The Morgan fingerprint density at radius 3 is 2.56 bits per heavy atom. The Labute approximate surface area is 146 Å². The minimum atomic E-state index is 0.433. The van der Waals surface area contributed by atoms with Crippen LogP contribution in [0.1, 0.15) is 24.4 Å². The summed E-state index contributed by atoms with van der Waals surface area (Å²) in [5, 5.41) is 3.25. The standard InChI is InChI=1S/C19H21N5O/c1-2-4-15(5-3-1)12-21-19-22-13-16(14-23-19)18-20-8-9-24(18)17-6-10-25-11-7-17/h1-5,8-9,13-14,17H,6-7,10-12H2,(H,21,22,23). The van der Waals surface area contributed by atoms with E-state index >= 15 is 0 Å². The molecule has 1 aromatic carbocycles. The predicted molar refractivity (Wildman–Crippen MR) is 96.1 cm³/mol. The molecular formula is C19H21N5O. The number of hydrogen-bond donors (Lipinski definition) is 1. The van der Waals surface area contributed by atoms with Crippen LogP contribution in [0.15, 0.2) is 55.1 Å². The van der Waals surface area contributed by atoms with E-state index in [1.54, 1.807) is 0 Å². The molecule has 3 aromatic rings. The molecule has 128 valence electrons. The number of imidazole rings is 1. The van der Waals surface area contributed by atoms with Gasteiger partial charge in [0.2, 0.25) is 5.95 Å². The normalized spacial score (nSPS) is 15.2. The fourth-order valence-corrected chi connectivity index (χ4v) is 3.11. The number of nitrogens with one attached hydrogen (secondary N) is 1. The number of benzene rings is 1. The van der Waals surface area contributed by atoms with Gasteiger partial charge >= 0.3 is 0 Å². The van der Waals surface area contributed by atoms with Gasteiger partial charge in [-0.05, 0) is 18.4 Å². The zero-order valence-corrected chi connectivity index (χ0v) is 14.0. The van der Waals surface area contributed by atoms with Crippen molar-refractivity contribution in [3.63, 3.8) is 0 Å². The molecule has 6 nitrogen and oxygen atoms in total. The van der Waals surface area contributed by atoms with E-state index in [2.05, 4.69) is 37.0 Å². The molecule has 0 spiro atoms. The van der Waals surface area contributed by atoms with Crippen LogP contribution >= 0.6 is 0 Å². The first-order valence-corrected chi connectivity index (χ1v) is 8.61. The summed E-state index contributed by atoms with van der Waals surface area (Å²) in [6.45, 7) is 2.32. The second kappa shape index (κ2) is 7.44. The molecule has 1 aliphatic rings. The third-order valence-electron chi connectivity index (χ3n) is 4.46. The van der Waals surface area contributed by atoms with E-state index in [0.29, 0.717) is 18.5 Å². The first kappa shape index (κ1) is 15.8. The zero-order valence-electron chi connectivity index (χ0n) is 14.0. The average Bonchev–Trinajstić information content (AvgIpc) is 3.18. The third kappa shape index (κ3) is 3.69. The largest absolute Gasteiger partial charge is 0.381 e. The molecule has 0 atom stereocenters. The van der Waals surface area contributed by atoms with Gasteiger partial charge < -0.3 is 14.6 Å². The first-order chi connectivity index (χ1) is 12.4. The maximum absolute atomic E-state index is 5.46.